The van der Waals surface area contributed by atoms with Crippen molar-refractivity contribution in [3.8, 4) is 11.3 Å². The first-order valence-corrected chi connectivity index (χ1v) is 8.59. The highest BCUT2D eigenvalue weighted by molar-refractivity contribution is 7.16. The quantitative estimate of drug-likeness (QED) is 0.616. The van der Waals surface area contributed by atoms with Crippen LogP contribution in [0.1, 0.15) is 24.0 Å². The number of hydrogen-bond acceptors (Lipinski definition) is 4. The lowest BCUT2D eigenvalue weighted by molar-refractivity contribution is 0.275. The first kappa shape index (κ1) is 14.4. The largest absolute Gasteiger partial charge is 0.390 e. The van der Waals surface area contributed by atoms with Crippen molar-refractivity contribution in [3.63, 3.8) is 0 Å². The number of fused-ring (bicyclic) bond motifs is 2. The van der Waals surface area contributed by atoms with Crippen LogP contribution in [0.15, 0.2) is 42.5 Å². The number of rotatable bonds is 4. The summed E-state index contributed by atoms with van der Waals surface area (Å²) >= 11 is 1.60. The molecule has 4 aromatic rings. The Kier molecular flexibility index (Phi) is 3.59. The van der Waals surface area contributed by atoms with Gasteiger partial charge >= 0.3 is 0 Å². The van der Waals surface area contributed by atoms with Gasteiger partial charge in [0.15, 0.2) is 0 Å². The van der Waals surface area contributed by atoms with E-state index in [0.29, 0.717) is 0 Å². The van der Waals surface area contributed by atoms with Crippen LogP contribution < -0.4 is 0 Å². The summed E-state index contributed by atoms with van der Waals surface area (Å²) in [7, 11) is 0. The van der Waals surface area contributed by atoms with Gasteiger partial charge in [-0.25, -0.2) is 9.50 Å². The van der Waals surface area contributed by atoms with Crippen molar-refractivity contribution in [2.75, 3.05) is 0 Å². The summed E-state index contributed by atoms with van der Waals surface area (Å²) < 4.78 is 1.79. The Morgan fingerprint density at radius 3 is 2.74 bits per heavy atom. The van der Waals surface area contributed by atoms with E-state index in [1.54, 1.807) is 15.9 Å². The van der Waals surface area contributed by atoms with Crippen LogP contribution in [0.2, 0.25) is 0 Å². The Morgan fingerprint density at radius 2 is 1.96 bits per heavy atom. The minimum absolute atomic E-state index is 0.0708. The van der Waals surface area contributed by atoms with Gasteiger partial charge in [0, 0.05) is 12.0 Å². The average molecular weight is 323 g/mol. The summed E-state index contributed by atoms with van der Waals surface area (Å²) in [5.74, 6) is 0. The molecule has 116 valence electrons. The van der Waals surface area contributed by atoms with Gasteiger partial charge in [-0.2, -0.15) is 5.10 Å². The third-order valence-corrected chi connectivity index (χ3v) is 4.94. The molecule has 0 unspecified atom stereocenters. The molecule has 4 nitrogen and oxygen atoms in total. The van der Waals surface area contributed by atoms with E-state index in [1.165, 1.54) is 10.8 Å². The van der Waals surface area contributed by atoms with Crippen molar-refractivity contribution in [1.82, 2.24) is 14.6 Å². The van der Waals surface area contributed by atoms with Crippen LogP contribution in [0, 0.1) is 0 Å². The molecule has 0 spiro atoms. The highest BCUT2D eigenvalue weighted by Gasteiger charge is 2.17. The summed E-state index contributed by atoms with van der Waals surface area (Å²) in [5.41, 5.74) is 2.59. The number of benzene rings is 2. The summed E-state index contributed by atoms with van der Waals surface area (Å²) in [5, 5.41) is 17.9. The molecule has 4 rings (SSSR count). The van der Waals surface area contributed by atoms with Crippen molar-refractivity contribution in [1.29, 1.82) is 0 Å². The Balaban J connectivity index is 1.87. The standard InChI is InChI=1S/C18H17N3OS/c1-2-5-16-20-21-15(11-22)17(19-18(21)23-16)14-9-8-12-6-3-4-7-13(12)10-14/h3-4,6-10,22H,2,5,11H2,1H3. The topological polar surface area (TPSA) is 50.4 Å². The van der Waals surface area contributed by atoms with E-state index in [0.717, 1.165) is 39.8 Å². The summed E-state index contributed by atoms with van der Waals surface area (Å²) in [6.45, 7) is 2.07. The summed E-state index contributed by atoms with van der Waals surface area (Å²) in [4.78, 5) is 5.57. The molecule has 1 N–H and O–H groups in total. The lowest BCUT2D eigenvalue weighted by atomic mass is 10.0. The third-order valence-electron chi connectivity index (χ3n) is 3.97. The second-order valence-electron chi connectivity index (χ2n) is 5.57. The van der Waals surface area contributed by atoms with E-state index in [1.807, 2.05) is 12.1 Å². The molecule has 2 aromatic heterocycles. The van der Waals surface area contributed by atoms with Crippen LogP contribution in [-0.2, 0) is 13.0 Å². The zero-order chi connectivity index (χ0) is 15.8. The number of nitrogens with zero attached hydrogens (tertiary/aromatic N) is 3. The smallest absolute Gasteiger partial charge is 0.213 e. The molecule has 23 heavy (non-hydrogen) atoms. The fourth-order valence-corrected chi connectivity index (χ4v) is 3.87. The highest BCUT2D eigenvalue weighted by atomic mass is 32.1. The summed E-state index contributed by atoms with van der Waals surface area (Å²) in [6, 6.07) is 14.5. The number of aryl methyl sites for hydroxylation is 1. The molecule has 0 amide bonds. The lowest BCUT2D eigenvalue weighted by Gasteiger charge is -2.03. The molecule has 0 aliphatic carbocycles. The van der Waals surface area contributed by atoms with E-state index in [4.69, 9.17) is 4.98 Å². The second kappa shape index (κ2) is 5.76. The molecule has 2 heterocycles. The van der Waals surface area contributed by atoms with Gasteiger partial charge in [-0.15, -0.1) is 0 Å². The highest BCUT2D eigenvalue weighted by Crippen LogP contribution is 2.29. The van der Waals surface area contributed by atoms with E-state index >= 15 is 0 Å². The van der Waals surface area contributed by atoms with Crippen LogP contribution in [0.5, 0.6) is 0 Å². The molecule has 0 radical (unpaired) electrons. The molecular weight excluding hydrogens is 306 g/mol. The van der Waals surface area contributed by atoms with Crippen LogP contribution in [0.4, 0.5) is 0 Å². The van der Waals surface area contributed by atoms with Gasteiger partial charge in [-0.1, -0.05) is 54.7 Å². The van der Waals surface area contributed by atoms with Gasteiger partial charge in [0.1, 0.15) is 5.01 Å². The van der Waals surface area contributed by atoms with E-state index in [-0.39, 0.29) is 6.61 Å². The maximum atomic E-state index is 9.82. The number of imidazole rings is 1. The maximum absolute atomic E-state index is 9.82. The van der Waals surface area contributed by atoms with E-state index in [2.05, 4.69) is 42.4 Å². The molecule has 0 saturated heterocycles. The SMILES string of the molecule is CCCc1nn2c(CO)c(-c3ccc4ccccc4c3)nc2s1. The Morgan fingerprint density at radius 1 is 1.13 bits per heavy atom. The van der Waals surface area contributed by atoms with Gasteiger partial charge in [0.05, 0.1) is 18.0 Å². The first-order chi connectivity index (χ1) is 11.3. The number of aliphatic hydroxyl groups is 1. The van der Waals surface area contributed by atoms with E-state index in [9.17, 15) is 5.11 Å². The van der Waals surface area contributed by atoms with Gasteiger partial charge in [0.2, 0.25) is 4.96 Å². The van der Waals surface area contributed by atoms with Gasteiger partial charge in [-0.05, 0) is 23.3 Å². The molecule has 5 heteroatoms. The van der Waals surface area contributed by atoms with Gasteiger partial charge in [0.25, 0.3) is 0 Å². The maximum Gasteiger partial charge on any atom is 0.213 e. The Hall–Kier alpha value is -2.24. The zero-order valence-corrected chi connectivity index (χ0v) is 13.7. The van der Waals surface area contributed by atoms with Gasteiger partial charge in [-0.3, -0.25) is 0 Å². The molecule has 0 saturated carbocycles. The second-order valence-corrected chi connectivity index (χ2v) is 6.61. The normalized spacial score (nSPS) is 11.6. The molecule has 0 aliphatic rings. The molecule has 0 atom stereocenters. The van der Waals surface area contributed by atoms with Crippen LogP contribution in [-0.4, -0.2) is 19.7 Å². The van der Waals surface area contributed by atoms with Crippen molar-refractivity contribution in [3.05, 3.63) is 53.2 Å². The fraction of sp³-hybridized carbons (Fsp3) is 0.222. The molecule has 0 aliphatic heterocycles. The number of aromatic nitrogens is 3. The molecule has 0 fully saturated rings. The minimum atomic E-state index is -0.0708. The lowest BCUT2D eigenvalue weighted by Crippen LogP contribution is -1.96. The number of aliphatic hydroxyl groups excluding tert-OH is 1. The molecular formula is C18H17N3OS. The average Bonchev–Trinajstić information content (AvgIpc) is 3.11. The van der Waals surface area contributed by atoms with Crippen LogP contribution in [0.3, 0.4) is 0 Å². The van der Waals surface area contributed by atoms with E-state index < -0.39 is 0 Å². The minimum Gasteiger partial charge on any atom is -0.390 e. The predicted octanol–water partition coefficient (Wildman–Crippen LogP) is 4.06. The van der Waals surface area contributed by atoms with Crippen LogP contribution in [0.25, 0.3) is 27.0 Å². The molecule has 0 bridgehead atoms. The molecule has 2 aromatic carbocycles. The van der Waals surface area contributed by atoms with Crippen molar-refractivity contribution < 1.29 is 5.11 Å². The van der Waals surface area contributed by atoms with Gasteiger partial charge < -0.3 is 5.11 Å². The van der Waals surface area contributed by atoms with Crippen molar-refractivity contribution in [2.45, 2.75) is 26.4 Å². The summed E-state index contributed by atoms with van der Waals surface area (Å²) in [6.07, 6.45) is 2.01. The monoisotopic (exact) mass is 323 g/mol. The fourth-order valence-electron chi connectivity index (χ4n) is 2.85. The number of hydrogen-bond donors (Lipinski definition) is 1. The van der Waals surface area contributed by atoms with Crippen molar-refractivity contribution in [2.24, 2.45) is 0 Å². The zero-order valence-electron chi connectivity index (χ0n) is 12.9. The predicted molar refractivity (Wildman–Crippen MR) is 93.7 cm³/mol. The Bertz CT molecular complexity index is 986. The Labute approximate surface area is 138 Å². The van der Waals surface area contributed by atoms with Crippen molar-refractivity contribution >= 4 is 27.1 Å². The van der Waals surface area contributed by atoms with Crippen LogP contribution >= 0.6 is 11.3 Å². The third kappa shape index (κ3) is 2.42. The first-order valence-electron chi connectivity index (χ1n) is 7.77.